The predicted octanol–water partition coefficient (Wildman–Crippen LogP) is 0.302. The predicted molar refractivity (Wildman–Crippen MR) is 91.4 cm³/mol. The van der Waals surface area contributed by atoms with Crippen LogP contribution in [0, 0.1) is 17.3 Å². The van der Waals surface area contributed by atoms with Crippen LogP contribution in [0.25, 0.3) is 0 Å². The maximum atomic E-state index is 12.4. The summed E-state index contributed by atoms with van der Waals surface area (Å²) in [5.41, 5.74) is -0.911. The SMILES string of the molecule is CN(C)c1nccnc1N1C[C@@H]2CN(C(=O)C3CC3)C[C@]2(C(=O)O)C1. The molecule has 1 amide bonds. The molecule has 1 saturated carbocycles. The molecular weight excluding hydrogens is 322 g/mol. The first kappa shape index (κ1) is 16.1. The number of carbonyl (C=O) groups is 2. The zero-order valence-corrected chi connectivity index (χ0v) is 14.6. The van der Waals surface area contributed by atoms with Crippen molar-refractivity contribution in [3.8, 4) is 0 Å². The van der Waals surface area contributed by atoms with Gasteiger partial charge in [0.15, 0.2) is 11.6 Å². The lowest BCUT2D eigenvalue weighted by Gasteiger charge is -2.27. The average Bonchev–Trinajstić information content (AvgIpc) is 3.26. The van der Waals surface area contributed by atoms with Crippen molar-refractivity contribution in [2.75, 3.05) is 50.1 Å². The molecule has 2 atom stereocenters. The van der Waals surface area contributed by atoms with E-state index < -0.39 is 11.4 Å². The summed E-state index contributed by atoms with van der Waals surface area (Å²) >= 11 is 0. The molecule has 1 N–H and O–H groups in total. The van der Waals surface area contributed by atoms with Crippen molar-refractivity contribution in [1.82, 2.24) is 14.9 Å². The quantitative estimate of drug-likeness (QED) is 0.839. The van der Waals surface area contributed by atoms with Gasteiger partial charge in [-0.3, -0.25) is 9.59 Å². The Labute approximate surface area is 146 Å². The lowest BCUT2D eigenvalue weighted by Crippen LogP contribution is -2.42. The second-order valence-corrected chi connectivity index (χ2v) is 7.63. The Morgan fingerprint density at radius 3 is 2.52 bits per heavy atom. The number of hydrogen-bond donors (Lipinski definition) is 1. The number of carbonyl (C=O) groups excluding carboxylic acids is 1. The molecule has 1 aliphatic carbocycles. The highest BCUT2D eigenvalue weighted by molar-refractivity contribution is 5.85. The van der Waals surface area contributed by atoms with Crippen LogP contribution < -0.4 is 9.80 Å². The lowest BCUT2D eigenvalue weighted by molar-refractivity contribution is -0.148. The Balaban J connectivity index is 1.60. The molecule has 0 radical (unpaired) electrons. The van der Waals surface area contributed by atoms with E-state index in [0.29, 0.717) is 32.0 Å². The number of likely N-dealkylation sites (tertiary alicyclic amines) is 1. The second-order valence-electron chi connectivity index (χ2n) is 7.63. The van der Waals surface area contributed by atoms with Crippen molar-refractivity contribution in [3.63, 3.8) is 0 Å². The highest BCUT2D eigenvalue weighted by Gasteiger charge is 2.59. The molecule has 4 rings (SSSR count). The van der Waals surface area contributed by atoms with Gasteiger partial charge < -0.3 is 19.8 Å². The molecule has 0 unspecified atom stereocenters. The van der Waals surface area contributed by atoms with E-state index in [9.17, 15) is 14.7 Å². The molecule has 1 aromatic rings. The smallest absolute Gasteiger partial charge is 0.313 e. The zero-order chi connectivity index (χ0) is 17.8. The Morgan fingerprint density at radius 1 is 1.20 bits per heavy atom. The number of anilines is 2. The summed E-state index contributed by atoms with van der Waals surface area (Å²) in [7, 11) is 3.79. The van der Waals surface area contributed by atoms with Gasteiger partial charge in [-0.2, -0.15) is 0 Å². The molecule has 8 heteroatoms. The fraction of sp³-hybridized carbons (Fsp3) is 0.647. The zero-order valence-electron chi connectivity index (χ0n) is 14.6. The van der Waals surface area contributed by atoms with Crippen LogP contribution in [-0.2, 0) is 9.59 Å². The van der Waals surface area contributed by atoms with Crippen molar-refractivity contribution in [1.29, 1.82) is 0 Å². The molecule has 3 heterocycles. The minimum atomic E-state index is -0.911. The molecule has 134 valence electrons. The van der Waals surface area contributed by atoms with Crippen LogP contribution in [-0.4, -0.2) is 72.1 Å². The number of carboxylic acids is 1. The van der Waals surface area contributed by atoms with Gasteiger partial charge in [0.05, 0.1) is 0 Å². The minimum Gasteiger partial charge on any atom is -0.481 e. The molecule has 1 aromatic heterocycles. The van der Waals surface area contributed by atoms with E-state index in [1.54, 1.807) is 17.3 Å². The summed E-state index contributed by atoms with van der Waals surface area (Å²) in [5, 5.41) is 9.96. The first-order valence-electron chi connectivity index (χ1n) is 8.68. The van der Waals surface area contributed by atoms with E-state index in [1.807, 2.05) is 23.9 Å². The monoisotopic (exact) mass is 345 g/mol. The van der Waals surface area contributed by atoms with Gasteiger partial charge in [-0.25, -0.2) is 9.97 Å². The van der Waals surface area contributed by atoms with Crippen LogP contribution in [0.2, 0.25) is 0 Å². The number of aliphatic carboxylic acids is 1. The highest BCUT2D eigenvalue weighted by Crippen LogP contribution is 2.46. The minimum absolute atomic E-state index is 0.0790. The van der Waals surface area contributed by atoms with E-state index in [4.69, 9.17) is 0 Å². The molecule has 8 nitrogen and oxygen atoms in total. The Hall–Kier alpha value is -2.38. The summed E-state index contributed by atoms with van der Waals surface area (Å²) in [6, 6.07) is 0. The maximum Gasteiger partial charge on any atom is 0.313 e. The van der Waals surface area contributed by atoms with Crippen molar-refractivity contribution in [2.24, 2.45) is 17.3 Å². The van der Waals surface area contributed by atoms with E-state index in [-0.39, 0.29) is 17.7 Å². The molecular formula is C17H23N5O3. The van der Waals surface area contributed by atoms with Gasteiger partial charge in [-0.15, -0.1) is 0 Å². The third kappa shape index (κ3) is 2.51. The molecule has 2 aliphatic heterocycles. The van der Waals surface area contributed by atoms with Crippen molar-refractivity contribution in [3.05, 3.63) is 12.4 Å². The van der Waals surface area contributed by atoms with Crippen LogP contribution in [0.5, 0.6) is 0 Å². The number of nitrogens with zero attached hydrogens (tertiary/aromatic N) is 5. The normalized spacial score (nSPS) is 28.2. The molecule has 25 heavy (non-hydrogen) atoms. The van der Waals surface area contributed by atoms with Crippen molar-refractivity contribution < 1.29 is 14.7 Å². The van der Waals surface area contributed by atoms with Gasteiger partial charge >= 0.3 is 5.97 Å². The van der Waals surface area contributed by atoms with Gasteiger partial charge in [0.25, 0.3) is 0 Å². The Morgan fingerprint density at radius 2 is 1.92 bits per heavy atom. The molecule has 0 spiro atoms. The fourth-order valence-electron chi connectivity index (χ4n) is 4.15. The standard InChI is InChI=1S/C17H23N5O3/c1-20(2)13-14(19-6-5-18-13)21-7-12-8-22(15(23)11-3-4-11)10-17(12,9-21)16(24)25/h5-6,11-12H,3-4,7-10H2,1-2H3,(H,24,25)/t12-,17-/m1/s1. The fourth-order valence-corrected chi connectivity index (χ4v) is 4.15. The van der Waals surface area contributed by atoms with Crippen molar-refractivity contribution in [2.45, 2.75) is 12.8 Å². The van der Waals surface area contributed by atoms with Gasteiger partial charge in [0.1, 0.15) is 5.41 Å². The number of hydrogen-bond acceptors (Lipinski definition) is 6. The maximum absolute atomic E-state index is 12.4. The largest absolute Gasteiger partial charge is 0.481 e. The molecule has 3 fully saturated rings. The van der Waals surface area contributed by atoms with E-state index in [2.05, 4.69) is 9.97 Å². The summed E-state index contributed by atoms with van der Waals surface area (Å²) in [6.45, 7) is 1.77. The van der Waals surface area contributed by atoms with Crippen LogP contribution >= 0.6 is 0 Å². The number of aromatic nitrogens is 2. The van der Waals surface area contributed by atoms with Gasteiger partial charge in [0.2, 0.25) is 5.91 Å². The topological polar surface area (TPSA) is 89.9 Å². The van der Waals surface area contributed by atoms with Crippen LogP contribution in [0.4, 0.5) is 11.6 Å². The summed E-state index contributed by atoms with van der Waals surface area (Å²) < 4.78 is 0. The second kappa shape index (κ2) is 5.57. The van der Waals surface area contributed by atoms with Crippen molar-refractivity contribution >= 4 is 23.5 Å². The van der Waals surface area contributed by atoms with E-state index in [1.165, 1.54) is 0 Å². The van der Waals surface area contributed by atoms with Crippen LogP contribution in [0.1, 0.15) is 12.8 Å². The van der Waals surface area contributed by atoms with E-state index in [0.717, 1.165) is 18.7 Å². The van der Waals surface area contributed by atoms with Gasteiger partial charge in [-0.05, 0) is 12.8 Å². The number of fused-ring (bicyclic) bond motifs is 1. The summed E-state index contributed by atoms with van der Waals surface area (Å²) in [6.07, 6.45) is 5.15. The molecule has 0 aromatic carbocycles. The highest BCUT2D eigenvalue weighted by atomic mass is 16.4. The van der Waals surface area contributed by atoms with Gasteiger partial charge in [-0.1, -0.05) is 0 Å². The lowest BCUT2D eigenvalue weighted by atomic mass is 9.81. The summed E-state index contributed by atoms with van der Waals surface area (Å²) in [4.78, 5) is 39.0. The third-order valence-electron chi connectivity index (χ3n) is 5.66. The number of carboxylic acid groups (broad SMARTS) is 1. The molecule has 3 aliphatic rings. The number of amides is 1. The Bertz CT molecular complexity index is 720. The van der Waals surface area contributed by atoms with Crippen LogP contribution in [0.15, 0.2) is 12.4 Å². The van der Waals surface area contributed by atoms with Crippen LogP contribution in [0.3, 0.4) is 0 Å². The first-order valence-corrected chi connectivity index (χ1v) is 8.68. The molecule has 0 bridgehead atoms. The first-order chi connectivity index (χ1) is 11.9. The average molecular weight is 345 g/mol. The third-order valence-corrected chi connectivity index (χ3v) is 5.66. The van der Waals surface area contributed by atoms with E-state index >= 15 is 0 Å². The number of rotatable bonds is 4. The van der Waals surface area contributed by atoms with Gasteiger partial charge in [0, 0.05) is 64.5 Å². The Kier molecular flexibility index (Phi) is 3.59. The molecule has 2 saturated heterocycles. The summed E-state index contributed by atoms with van der Waals surface area (Å²) in [5.74, 6) is 0.804.